The van der Waals surface area contributed by atoms with Crippen molar-refractivity contribution in [2.24, 2.45) is 0 Å². The van der Waals surface area contributed by atoms with Crippen molar-refractivity contribution in [3.05, 3.63) is 48.0 Å². The molecule has 1 aliphatic heterocycles. The highest BCUT2D eigenvalue weighted by Gasteiger charge is 2.26. The molecule has 1 aliphatic rings. The molecule has 0 aliphatic carbocycles. The van der Waals surface area contributed by atoms with Crippen LogP contribution in [0.2, 0.25) is 0 Å². The Morgan fingerprint density at radius 1 is 0.914 bits per heavy atom. The van der Waals surface area contributed by atoms with E-state index in [1.807, 2.05) is 0 Å². The SMILES string of the molecule is COc1ccc(S(=O)(=O)N(C)CC(=O)NCc2ccc(S(=O)(=O)N3CCCCC3)cc2)cc1OC. The summed E-state index contributed by atoms with van der Waals surface area (Å²) in [6.45, 7) is 0.797. The highest BCUT2D eigenvalue weighted by atomic mass is 32.2. The smallest absolute Gasteiger partial charge is 0.243 e. The topological polar surface area (TPSA) is 122 Å². The number of piperidine rings is 1. The lowest BCUT2D eigenvalue weighted by molar-refractivity contribution is -0.121. The lowest BCUT2D eigenvalue weighted by Gasteiger charge is -2.25. The molecule has 1 saturated heterocycles. The van der Waals surface area contributed by atoms with E-state index in [-0.39, 0.29) is 22.1 Å². The molecule has 0 unspecified atom stereocenters. The Labute approximate surface area is 206 Å². The van der Waals surface area contributed by atoms with Crippen molar-refractivity contribution >= 4 is 26.0 Å². The van der Waals surface area contributed by atoms with Crippen molar-refractivity contribution < 1.29 is 31.1 Å². The average Bonchev–Trinajstić information content (AvgIpc) is 2.87. The van der Waals surface area contributed by atoms with Crippen molar-refractivity contribution in [2.75, 3.05) is 40.9 Å². The van der Waals surface area contributed by atoms with Gasteiger partial charge in [-0.05, 0) is 42.7 Å². The Hall–Kier alpha value is -2.67. The van der Waals surface area contributed by atoms with Gasteiger partial charge in [-0.25, -0.2) is 16.8 Å². The molecule has 3 rings (SSSR count). The fourth-order valence-corrected chi connectivity index (χ4v) is 6.39. The average molecular weight is 526 g/mol. The third-order valence-electron chi connectivity index (χ3n) is 5.80. The molecule has 12 heteroatoms. The molecule has 35 heavy (non-hydrogen) atoms. The van der Waals surface area contributed by atoms with Gasteiger partial charge in [-0.2, -0.15) is 8.61 Å². The van der Waals surface area contributed by atoms with Gasteiger partial charge in [-0.1, -0.05) is 18.6 Å². The molecule has 0 radical (unpaired) electrons. The summed E-state index contributed by atoms with van der Waals surface area (Å²) < 4.78 is 64.0. The van der Waals surface area contributed by atoms with E-state index in [2.05, 4.69) is 5.32 Å². The van der Waals surface area contributed by atoms with Crippen molar-refractivity contribution in [1.82, 2.24) is 13.9 Å². The Morgan fingerprint density at radius 3 is 2.11 bits per heavy atom. The molecular formula is C23H31N3O7S2. The summed E-state index contributed by atoms with van der Waals surface area (Å²) in [5.74, 6) is 0.153. The molecule has 1 amide bonds. The maximum Gasteiger partial charge on any atom is 0.243 e. The van der Waals surface area contributed by atoms with E-state index in [0.717, 1.165) is 23.6 Å². The van der Waals surface area contributed by atoms with Crippen LogP contribution >= 0.6 is 0 Å². The summed E-state index contributed by atoms with van der Waals surface area (Å²) in [5.41, 5.74) is 0.696. The number of nitrogens with one attached hydrogen (secondary N) is 1. The van der Waals surface area contributed by atoms with Gasteiger partial charge in [0, 0.05) is 32.7 Å². The van der Waals surface area contributed by atoms with Crippen LogP contribution in [0.15, 0.2) is 52.3 Å². The Bertz CT molecular complexity index is 1240. The number of carbonyl (C=O) groups excluding carboxylic acids is 1. The Kier molecular flexibility index (Phi) is 8.75. The van der Waals surface area contributed by atoms with Gasteiger partial charge in [0.05, 0.1) is 30.6 Å². The first kappa shape index (κ1) is 26.9. The summed E-state index contributed by atoms with van der Waals surface area (Å²) in [6, 6.07) is 10.5. The molecule has 0 atom stereocenters. The molecule has 0 saturated carbocycles. The number of nitrogens with zero attached hydrogens (tertiary/aromatic N) is 2. The molecule has 1 heterocycles. The maximum absolute atomic E-state index is 12.9. The van der Waals surface area contributed by atoms with Gasteiger partial charge in [0.15, 0.2) is 11.5 Å². The first-order valence-electron chi connectivity index (χ1n) is 11.1. The maximum atomic E-state index is 12.9. The zero-order chi connectivity index (χ0) is 25.6. The number of hydrogen-bond donors (Lipinski definition) is 1. The first-order valence-corrected chi connectivity index (χ1v) is 14.0. The highest BCUT2D eigenvalue weighted by Crippen LogP contribution is 2.30. The van der Waals surface area contributed by atoms with Crippen LogP contribution in [0.5, 0.6) is 11.5 Å². The van der Waals surface area contributed by atoms with Gasteiger partial charge in [0.2, 0.25) is 26.0 Å². The largest absolute Gasteiger partial charge is 0.493 e. The van der Waals surface area contributed by atoms with Crippen molar-refractivity contribution in [3.8, 4) is 11.5 Å². The van der Waals surface area contributed by atoms with Crippen LogP contribution < -0.4 is 14.8 Å². The molecule has 1 N–H and O–H groups in total. The molecule has 0 aromatic heterocycles. The van der Waals surface area contributed by atoms with Crippen molar-refractivity contribution in [1.29, 1.82) is 0 Å². The summed E-state index contributed by atoms with van der Waals surface area (Å²) in [5, 5.41) is 2.67. The third-order valence-corrected chi connectivity index (χ3v) is 9.51. The normalized spacial score (nSPS) is 15.1. The standard InChI is InChI=1S/C23H31N3O7S2/c1-25(34(28,29)20-11-12-21(32-2)22(15-20)33-3)17-23(27)24-16-18-7-9-19(10-8-18)35(30,31)26-13-5-4-6-14-26/h7-12,15H,4-6,13-14,16-17H2,1-3H3,(H,24,27). The van der Waals surface area contributed by atoms with E-state index >= 15 is 0 Å². The van der Waals surface area contributed by atoms with Gasteiger partial charge < -0.3 is 14.8 Å². The quantitative estimate of drug-likeness (QED) is 0.502. The zero-order valence-electron chi connectivity index (χ0n) is 20.1. The van der Waals surface area contributed by atoms with Gasteiger partial charge in [-0.15, -0.1) is 0 Å². The fourth-order valence-electron chi connectivity index (χ4n) is 3.73. The summed E-state index contributed by atoms with van der Waals surface area (Å²) in [6.07, 6.45) is 2.76. The molecule has 192 valence electrons. The number of ether oxygens (including phenoxy) is 2. The number of likely N-dealkylation sites (N-methyl/N-ethyl adjacent to an activating group) is 1. The second-order valence-electron chi connectivity index (χ2n) is 8.16. The lowest BCUT2D eigenvalue weighted by atomic mass is 10.2. The number of rotatable bonds is 10. The monoisotopic (exact) mass is 525 g/mol. The number of carbonyl (C=O) groups is 1. The number of methoxy groups -OCH3 is 2. The Balaban J connectivity index is 1.58. The Morgan fingerprint density at radius 2 is 1.51 bits per heavy atom. The summed E-state index contributed by atoms with van der Waals surface area (Å²) in [4.78, 5) is 12.6. The molecule has 1 fully saturated rings. The molecular weight excluding hydrogens is 494 g/mol. The number of benzene rings is 2. The minimum Gasteiger partial charge on any atom is -0.493 e. The third kappa shape index (κ3) is 6.31. The molecule has 0 bridgehead atoms. The molecule has 2 aromatic rings. The lowest BCUT2D eigenvalue weighted by Crippen LogP contribution is -2.38. The minimum atomic E-state index is -3.94. The van der Waals surface area contributed by atoms with Crippen LogP contribution in [-0.2, 0) is 31.4 Å². The van der Waals surface area contributed by atoms with E-state index in [1.165, 1.54) is 55.9 Å². The van der Waals surface area contributed by atoms with E-state index in [1.54, 1.807) is 12.1 Å². The van der Waals surface area contributed by atoms with Crippen LogP contribution in [0.4, 0.5) is 0 Å². The van der Waals surface area contributed by atoms with Crippen molar-refractivity contribution in [2.45, 2.75) is 35.6 Å². The predicted molar refractivity (Wildman–Crippen MR) is 130 cm³/mol. The first-order chi connectivity index (χ1) is 16.6. The predicted octanol–water partition coefficient (Wildman–Crippen LogP) is 1.82. The zero-order valence-corrected chi connectivity index (χ0v) is 21.7. The van der Waals surface area contributed by atoms with Crippen LogP contribution in [0, 0.1) is 0 Å². The van der Waals surface area contributed by atoms with Crippen LogP contribution in [0.1, 0.15) is 24.8 Å². The number of sulfonamides is 2. The second kappa shape index (κ2) is 11.4. The second-order valence-corrected chi connectivity index (χ2v) is 12.1. The molecule has 0 spiro atoms. The van der Waals surface area contributed by atoms with Gasteiger partial charge >= 0.3 is 0 Å². The van der Waals surface area contributed by atoms with Gasteiger partial charge in [0.25, 0.3) is 0 Å². The molecule has 2 aromatic carbocycles. The van der Waals surface area contributed by atoms with Gasteiger partial charge in [-0.3, -0.25) is 4.79 Å². The van der Waals surface area contributed by atoms with Gasteiger partial charge in [0.1, 0.15) is 0 Å². The van der Waals surface area contributed by atoms with Crippen LogP contribution in [0.3, 0.4) is 0 Å². The van der Waals surface area contributed by atoms with E-state index in [9.17, 15) is 21.6 Å². The van der Waals surface area contributed by atoms with Crippen molar-refractivity contribution in [3.63, 3.8) is 0 Å². The minimum absolute atomic E-state index is 0.0315. The van der Waals surface area contributed by atoms with E-state index in [4.69, 9.17) is 9.47 Å². The number of amides is 1. The van der Waals surface area contributed by atoms with E-state index < -0.39 is 32.5 Å². The van der Waals surface area contributed by atoms with Crippen LogP contribution in [-0.4, -0.2) is 72.3 Å². The fraction of sp³-hybridized carbons (Fsp3) is 0.435. The highest BCUT2D eigenvalue weighted by molar-refractivity contribution is 7.89. The van der Waals surface area contributed by atoms with E-state index in [0.29, 0.717) is 24.4 Å². The van der Waals surface area contributed by atoms with Crippen LogP contribution in [0.25, 0.3) is 0 Å². The summed E-state index contributed by atoms with van der Waals surface area (Å²) >= 11 is 0. The molecule has 10 nitrogen and oxygen atoms in total. The number of hydrogen-bond acceptors (Lipinski definition) is 7. The summed E-state index contributed by atoms with van der Waals surface area (Å²) in [7, 11) is -3.30.